The van der Waals surface area contributed by atoms with Crippen molar-refractivity contribution >= 4 is 6.03 Å². The Balaban J connectivity index is 1.43. The highest BCUT2D eigenvalue weighted by Crippen LogP contribution is 2.24. The molecule has 2 N–H and O–H groups in total. The molecule has 26 heavy (non-hydrogen) atoms. The first-order valence-electron chi connectivity index (χ1n) is 9.70. The number of carbonyl (C=O) groups excluding carboxylic acids is 1. The van der Waals surface area contributed by atoms with E-state index in [1.807, 2.05) is 18.5 Å². The molecular weight excluding hydrogens is 324 g/mol. The second kappa shape index (κ2) is 8.39. The summed E-state index contributed by atoms with van der Waals surface area (Å²) in [4.78, 5) is 12.2. The molecule has 1 atom stereocenters. The molecule has 0 saturated heterocycles. The third kappa shape index (κ3) is 4.65. The zero-order valence-corrected chi connectivity index (χ0v) is 16.1. The highest BCUT2D eigenvalue weighted by Gasteiger charge is 2.14. The van der Waals surface area contributed by atoms with Gasteiger partial charge in [0, 0.05) is 18.8 Å². The van der Waals surface area contributed by atoms with Gasteiger partial charge in [-0.15, -0.1) is 0 Å². The minimum atomic E-state index is -0.108. The fraction of sp³-hybridized carbons (Fsp3) is 0.524. The van der Waals surface area contributed by atoms with Crippen molar-refractivity contribution in [2.24, 2.45) is 0 Å². The third-order valence-electron chi connectivity index (χ3n) is 5.16. The summed E-state index contributed by atoms with van der Waals surface area (Å²) in [7, 11) is 0. The lowest BCUT2D eigenvalue weighted by Gasteiger charge is -2.20. The Hall–Kier alpha value is -2.30. The highest BCUT2D eigenvalue weighted by atomic mass is 16.2. The van der Waals surface area contributed by atoms with Crippen LogP contribution in [0.3, 0.4) is 0 Å². The predicted octanol–water partition coefficient (Wildman–Crippen LogP) is 3.83. The van der Waals surface area contributed by atoms with Crippen LogP contribution in [0.1, 0.15) is 60.3 Å². The van der Waals surface area contributed by atoms with Gasteiger partial charge in [0.25, 0.3) is 0 Å². The average molecular weight is 354 g/mol. The highest BCUT2D eigenvalue weighted by molar-refractivity contribution is 5.74. The van der Waals surface area contributed by atoms with Crippen molar-refractivity contribution in [1.29, 1.82) is 0 Å². The lowest BCUT2D eigenvalue weighted by Crippen LogP contribution is -2.37. The Morgan fingerprint density at radius 3 is 2.69 bits per heavy atom. The van der Waals surface area contributed by atoms with Crippen LogP contribution < -0.4 is 10.6 Å². The van der Waals surface area contributed by atoms with E-state index in [0.717, 1.165) is 30.8 Å². The average Bonchev–Trinajstić information content (AvgIpc) is 2.95. The van der Waals surface area contributed by atoms with E-state index < -0.39 is 0 Å². The molecule has 1 aliphatic carbocycles. The standard InChI is InChI=1S/C21H30N4O/c1-15-13-16(2)25(24-15)12-6-11-22-21(26)23-17(3)19-10-9-18-7-4-5-8-20(18)14-19/h9-10,13-14,17H,4-8,11-12H2,1-3H3,(H2,22,23,26)/t17-/m1/s1. The fourth-order valence-electron chi connectivity index (χ4n) is 3.69. The normalized spacial score (nSPS) is 14.6. The van der Waals surface area contributed by atoms with Crippen molar-refractivity contribution in [3.8, 4) is 0 Å². The van der Waals surface area contributed by atoms with Crippen molar-refractivity contribution in [2.75, 3.05) is 6.54 Å². The first-order chi connectivity index (χ1) is 12.5. The molecular formula is C21H30N4O. The minimum Gasteiger partial charge on any atom is -0.338 e. The lowest BCUT2D eigenvalue weighted by molar-refractivity contribution is 0.237. The largest absolute Gasteiger partial charge is 0.338 e. The van der Waals surface area contributed by atoms with Crippen molar-refractivity contribution in [2.45, 2.75) is 65.5 Å². The monoisotopic (exact) mass is 354 g/mol. The van der Waals surface area contributed by atoms with E-state index in [4.69, 9.17) is 0 Å². The second-order valence-corrected chi connectivity index (χ2v) is 7.36. The summed E-state index contributed by atoms with van der Waals surface area (Å²) < 4.78 is 1.99. The van der Waals surface area contributed by atoms with Crippen LogP contribution in [0.4, 0.5) is 4.79 Å². The van der Waals surface area contributed by atoms with Crippen LogP contribution in [0.2, 0.25) is 0 Å². The molecule has 1 aromatic carbocycles. The molecule has 0 saturated carbocycles. The molecule has 2 amide bonds. The molecule has 1 aromatic heterocycles. The van der Waals surface area contributed by atoms with E-state index in [2.05, 4.69) is 46.9 Å². The molecule has 0 aliphatic heterocycles. The maximum Gasteiger partial charge on any atom is 0.315 e. The van der Waals surface area contributed by atoms with Crippen molar-refractivity contribution < 1.29 is 4.79 Å². The van der Waals surface area contributed by atoms with Gasteiger partial charge in [-0.3, -0.25) is 4.68 Å². The van der Waals surface area contributed by atoms with Crippen molar-refractivity contribution in [3.05, 3.63) is 52.3 Å². The van der Waals surface area contributed by atoms with E-state index in [1.54, 1.807) is 0 Å². The Kier molecular flexibility index (Phi) is 5.96. The number of benzene rings is 1. The van der Waals surface area contributed by atoms with Crippen LogP contribution in [0.15, 0.2) is 24.3 Å². The number of urea groups is 1. The molecule has 1 aliphatic rings. The number of fused-ring (bicyclic) bond motifs is 1. The van der Waals surface area contributed by atoms with Crippen LogP contribution in [0.25, 0.3) is 0 Å². The summed E-state index contributed by atoms with van der Waals surface area (Å²) in [5.41, 5.74) is 6.30. The molecule has 0 fully saturated rings. The zero-order valence-electron chi connectivity index (χ0n) is 16.1. The Morgan fingerprint density at radius 2 is 1.96 bits per heavy atom. The maximum absolute atomic E-state index is 12.2. The van der Waals surface area contributed by atoms with Crippen molar-refractivity contribution in [3.63, 3.8) is 0 Å². The van der Waals surface area contributed by atoms with Crippen LogP contribution in [0.5, 0.6) is 0 Å². The van der Waals surface area contributed by atoms with Gasteiger partial charge in [0.2, 0.25) is 0 Å². The van der Waals surface area contributed by atoms with Crippen LogP contribution in [-0.4, -0.2) is 22.4 Å². The smallest absolute Gasteiger partial charge is 0.315 e. The number of rotatable bonds is 6. The first kappa shape index (κ1) is 18.5. The van der Waals surface area contributed by atoms with E-state index in [-0.39, 0.29) is 12.1 Å². The SMILES string of the molecule is Cc1cc(C)n(CCCNC(=O)N[C@H](C)c2ccc3c(c2)CCCC3)n1. The molecule has 3 rings (SSSR count). The molecule has 0 bridgehead atoms. The van der Waals surface area contributed by atoms with Gasteiger partial charge in [-0.25, -0.2) is 4.79 Å². The lowest BCUT2D eigenvalue weighted by atomic mass is 9.89. The van der Waals surface area contributed by atoms with E-state index in [0.29, 0.717) is 6.54 Å². The minimum absolute atomic E-state index is 0.0123. The second-order valence-electron chi connectivity index (χ2n) is 7.36. The molecule has 0 unspecified atom stereocenters. The van der Waals surface area contributed by atoms with Gasteiger partial charge in [0.15, 0.2) is 0 Å². The number of hydrogen-bond donors (Lipinski definition) is 2. The Bertz CT molecular complexity index is 765. The van der Waals surface area contributed by atoms with Gasteiger partial charge < -0.3 is 10.6 Å². The van der Waals surface area contributed by atoms with Gasteiger partial charge in [-0.1, -0.05) is 18.2 Å². The number of hydrogen-bond acceptors (Lipinski definition) is 2. The Morgan fingerprint density at radius 1 is 1.19 bits per heavy atom. The van der Waals surface area contributed by atoms with Crippen molar-refractivity contribution in [1.82, 2.24) is 20.4 Å². The summed E-state index contributed by atoms with van der Waals surface area (Å²) >= 11 is 0. The summed E-state index contributed by atoms with van der Waals surface area (Å²) in [6.07, 6.45) is 5.78. The number of aromatic nitrogens is 2. The van der Waals surface area contributed by atoms with E-state index in [9.17, 15) is 4.79 Å². The van der Waals surface area contributed by atoms with E-state index >= 15 is 0 Å². The summed E-state index contributed by atoms with van der Waals surface area (Å²) in [6, 6.07) is 8.62. The van der Waals surface area contributed by atoms with E-state index in [1.165, 1.54) is 36.0 Å². The maximum atomic E-state index is 12.2. The number of nitrogens with one attached hydrogen (secondary N) is 2. The van der Waals surface area contributed by atoms with Gasteiger partial charge >= 0.3 is 6.03 Å². The molecule has 0 radical (unpaired) electrons. The number of amides is 2. The predicted molar refractivity (Wildman–Crippen MR) is 104 cm³/mol. The van der Waals surface area contributed by atoms with Gasteiger partial charge in [-0.05, 0) is 75.6 Å². The quantitative estimate of drug-likeness (QED) is 0.775. The summed E-state index contributed by atoms with van der Waals surface area (Å²) in [6.45, 7) is 7.55. The molecule has 0 spiro atoms. The summed E-state index contributed by atoms with van der Waals surface area (Å²) in [5.74, 6) is 0. The number of aryl methyl sites for hydroxylation is 5. The van der Waals surface area contributed by atoms with Gasteiger partial charge in [0.05, 0.1) is 11.7 Å². The molecule has 5 nitrogen and oxygen atoms in total. The van der Waals surface area contributed by atoms with Gasteiger partial charge in [0.1, 0.15) is 0 Å². The fourth-order valence-corrected chi connectivity index (χ4v) is 3.69. The molecule has 140 valence electrons. The summed E-state index contributed by atoms with van der Waals surface area (Å²) in [5, 5.41) is 10.4. The Labute approximate surface area is 156 Å². The van der Waals surface area contributed by atoms with Gasteiger partial charge in [-0.2, -0.15) is 5.10 Å². The van der Waals surface area contributed by atoms with Crippen LogP contribution in [0, 0.1) is 13.8 Å². The van der Waals surface area contributed by atoms with Crippen LogP contribution >= 0.6 is 0 Å². The molecule has 5 heteroatoms. The zero-order chi connectivity index (χ0) is 18.5. The number of carbonyl (C=O) groups is 1. The molecule has 2 aromatic rings. The number of nitrogens with zero attached hydrogens (tertiary/aromatic N) is 2. The first-order valence-corrected chi connectivity index (χ1v) is 9.70. The van der Waals surface area contributed by atoms with Crippen LogP contribution in [-0.2, 0) is 19.4 Å². The topological polar surface area (TPSA) is 59.0 Å². The molecule has 1 heterocycles. The third-order valence-corrected chi connectivity index (χ3v) is 5.16.